The Labute approximate surface area is 133 Å². The molecule has 0 aliphatic rings. The third kappa shape index (κ3) is 3.23. The second kappa shape index (κ2) is 6.81. The molecule has 3 aromatic rings. The van der Waals surface area contributed by atoms with Gasteiger partial charge in [-0.3, -0.25) is 4.98 Å². The maximum atomic E-state index is 5.26. The van der Waals surface area contributed by atoms with Crippen molar-refractivity contribution in [2.45, 2.75) is 13.5 Å². The minimum atomic E-state index is 0.653. The fourth-order valence-electron chi connectivity index (χ4n) is 2.35. The van der Waals surface area contributed by atoms with E-state index in [9.17, 15) is 0 Å². The number of pyridine rings is 1. The van der Waals surface area contributed by atoms with Crippen molar-refractivity contribution < 1.29 is 4.74 Å². The molecule has 0 amide bonds. The van der Waals surface area contributed by atoms with E-state index >= 15 is 0 Å². The van der Waals surface area contributed by atoms with Crippen LogP contribution in [0.2, 0.25) is 0 Å². The van der Waals surface area contributed by atoms with E-state index in [0.29, 0.717) is 6.61 Å². The van der Waals surface area contributed by atoms with Crippen molar-refractivity contribution in [3.05, 3.63) is 47.4 Å². The molecule has 0 aliphatic heterocycles. The van der Waals surface area contributed by atoms with E-state index in [1.54, 1.807) is 18.4 Å². The first-order valence-electron chi connectivity index (χ1n) is 7.12. The summed E-state index contributed by atoms with van der Waals surface area (Å²) in [6.07, 6.45) is 3.63. The molecule has 3 aromatic heterocycles. The molecular weight excluding hydrogens is 296 g/mol. The van der Waals surface area contributed by atoms with Crippen molar-refractivity contribution >= 4 is 27.4 Å². The van der Waals surface area contributed by atoms with Gasteiger partial charge in [0.05, 0.1) is 12.0 Å². The number of anilines is 1. The monoisotopic (exact) mass is 314 g/mol. The van der Waals surface area contributed by atoms with Gasteiger partial charge in [0.25, 0.3) is 0 Å². The van der Waals surface area contributed by atoms with Crippen LogP contribution in [0.3, 0.4) is 0 Å². The van der Waals surface area contributed by atoms with Crippen LogP contribution in [0.4, 0.5) is 5.82 Å². The van der Waals surface area contributed by atoms with Gasteiger partial charge < -0.3 is 9.64 Å². The first kappa shape index (κ1) is 14.9. The molecule has 0 bridgehead atoms. The summed E-state index contributed by atoms with van der Waals surface area (Å²) in [5.41, 5.74) is 1.20. The summed E-state index contributed by atoms with van der Waals surface area (Å²) in [4.78, 5) is 16.5. The predicted molar refractivity (Wildman–Crippen MR) is 89.3 cm³/mol. The molecule has 6 heteroatoms. The molecule has 5 nitrogen and oxygen atoms in total. The van der Waals surface area contributed by atoms with Crippen LogP contribution in [-0.2, 0) is 11.3 Å². The normalized spacial score (nSPS) is 11.0. The van der Waals surface area contributed by atoms with Crippen molar-refractivity contribution in [1.82, 2.24) is 15.0 Å². The number of fused-ring (bicyclic) bond motifs is 1. The Hall–Kier alpha value is -2.05. The lowest BCUT2D eigenvalue weighted by Crippen LogP contribution is -2.28. The Bertz CT molecular complexity index is 744. The van der Waals surface area contributed by atoms with Crippen LogP contribution in [0.1, 0.15) is 11.4 Å². The molecule has 114 valence electrons. The lowest BCUT2D eigenvalue weighted by atomic mass is 10.2. The van der Waals surface area contributed by atoms with Crippen molar-refractivity contribution in [3.8, 4) is 0 Å². The lowest BCUT2D eigenvalue weighted by molar-refractivity contribution is 0.205. The molecule has 0 aliphatic carbocycles. The van der Waals surface area contributed by atoms with Gasteiger partial charge in [0, 0.05) is 32.6 Å². The molecule has 0 spiro atoms. The SMILES string of the molecule is COCCN(Cc1ccncc1)c1nc(C)nc2sccc12. The Morgan fingerprint density at radius 2 is 2.00 bits per heavy atom. The fraction of sp³-hybridized carbons (Fsp3) is 0.312. The van der Waals surface area contributed by atoms with Gasteiger partial charge in [-0.15, -0.1) is 11.3 Å². The summed E-state index contributed by atoms with van der Waals surface area (Å²) in [5.74, 6) is 1.76. The zero-order chi connectivity index (χ0) is 15.4. The highest BCUT2D eigenvalue weighted by molar-refractivity contribution is 7.16. The third-order valence-electron chi connectivity index (χ3n) is 3.40. The molecule has 0 saturated carbocycles. The van der Waals surface area contributed by atoms with Gasteiger partial charge in [0.15, 0.2) is 0 Å². The van der Waals surface area contributed by atoms with Crippen LogP contribution in [-0.4, -0.2) is 35.2 Å². The molecule has 3 heterocycles. The number of aromatic nitrogens is 3. The predicted octanol–water partition coefficient (Wildman–Crippen LogP) is 3.05. The van der Waals surface area contributed by atoms with Crippen LogP contribution < -0.4 is 4.90 Å². The smallest absolute Gasteiger partial charge is 0.141 e. The van der Waals surface area contributed by atoms with Crippen LogP contribution in [0, 0.1) is 6.92 Å². The van der Waals surface area contributed by atoms with Crippen molar-refractivity contribution in [3.63, 3.8) is 0 Å². The molecule has 0 radical (unpaired) electrons. The highest BCUT2D eigenvalue weighted by atomic mass is 32.1. The number of ether oxygens (including phenoxy) is 1. The summed E-state index contributed by atoms with van der Waals surface area (Å²) < 4.78 is 5.26. The van der Waals surface area contributed by atoms with E-state index in [1.165, 1.54) is 5.56 Å². The molecule has 0 saturated heterocycles. The number of aryl methyl sites for hydroxylation is 1. The molecule has 0 N–H and O–H groups in total. The average molecular weight is 314 g/mol. The summed E-state index contributed by atoms with van der Waals surface area (Å²) in [5, 5.41) is 3.16. The maximum absolute atomic E-state index is 5.26. The number of rotatable bonds is 6. The highest BCUT2D eigenvalue weighted by Gasteiger charge is 2.15. The number of hydrogen-bond donors (Lipinski definition) is 0. The van der Waals surface area contributed by atoms with Gasteiger partial charge in [-0.1, -0.05) is 0 Å². The third-order valence-corrected chi connectivity index (χ3v) is 4.21. The van der Waals surface area contributed by atoms with E-state index in [4.69, 9.17) is 4.74 Å². The van der Waals surface area contributed by atoms with E-state index in [2.05, 4.69) is 31.3 Å². The van der Waals surface area contributed by atoms with E-state index in [0.717, 1.165) is 34.9 Å². The van der Waals surface area contributed by atoms with Crippen LogP contribution in [0.25, 0.3) is 10.2 Å². The second-order valence-electron chi connectivity index (χ2n) is 5.00. The molecule has 22 heavy (non-hydrogen) atoms. The average Bonchev–Trinajstić information content (AvgIpc) is 3.00. The van der Waals surface area contributed by atoms with Crippen molar-refractivity contribution in [2.24, 2.45) is 0 Å². The second-order valence-corrected chi connectivity index (χ2v) is 5.90. The zero-order valence-electron chi connectivity index (χ0n) is 12.7. The Kier molecular flexibility index (Phi) is 4.60. The van der Waals surface area contributed by atoms with Crippen LogP contribution >= 0.6 is 11.3 Å². The molecular formula is C16H18N4OS. The lowest BCUT2D eigenvalue weighted by Gasteiger charge is -2.24. The zero-order valence-corrected chi connectivity index (χ0v) is 13.5. The summed E-state index contributed by atoms with van der Waals surface area (Å²) in [6, 6.07) is 6.14. The number of thiophene rings is 1. The van der Waals surface area contributed by atoms with Gasteiger partial charge in [-0.25, -0.2) is 9.97 Å². The van der Waals surface area contributed by atoms with E-state index in [1.807, 2.05) is 31.5 Å². The van der Waals surface area contributed by atoms with Gasteiger partial charge >= 0.3 is 0 Å². The van der Waals surface area contributed by atoms with Gasteiger partial charge in [-0.2, -0.15) is 0 Å². The highest BCUT2D eigenvalue weighted by Crippen LogP contribution is 2.28. The Morgan fingerprint density at radius 3 is 2.77 bits per heavy atom. The number of hydrogen-bond acceptors (Lipinski definition) is 6. The summed E-state index contributed by atoms with van der Waals surface area (Å²) in [7, 11) is 1.72. The summed E-state index contributed by atoms with van der Waals surface area (Å²) in [6.45, 7) is 4.14. The fourth-order valence-corrected chi connectivity index (χ4v) is 3.16. The minimum Gasteiger partial charge on any atom is -0.383 e. The quantitative estimate of drug-likeness (QED) is 0.700. The number of nitrogens with zero attached hydrogens (tertiary/aromatic N) is 4. The molecule has 3 rings (SSSR count). The largest absolute Gasteiger partial charge is 0.383 e. The first-order valence-corrected chi connectivity index (χ1v) is 8.00. The molecule has 0 unspecified atom stereocenters. The van der Waals surface area contributed by atoms with Gasteiger partial charge in [0.2, 0.25) is 0 Å². The van der Waals surface area contributed by atoms with Gasteiger partial charge in [-0.05, 0) is 36.1 Å². The topological polar surface area (TPSA) is 51.1 Å². The first-order chi connectivity index (χ1) is 10.8. The molecule has 0 atom stereocenters. The minimum absolute atomic E-state index is 0.653. The van der Waals surface area contributed by atoms with Crippen LogP contribution in [0.5, 0.6) is 0 Å². The summed E-state index contributed by atoms with van der Waals surface area (Å²) >= 11 is 1.64. The Balaban J connectivity index is 1.98. The molecule has 0 fully saturated rings. The Morgan fingerprint density at radius 1 is 1.18 bits per heavy atom. The van der Waals surface area contributed by atoms with E-state index in [-0.39, 0.29) is 0 Å². The maximum Gasteiger partial charge on any atom is 0.141 e. The number of methoxy groups -OCH3 is 1. The van der Waals surface area contributed by atoms with E-state index < -0.39 is 0 Å². The standard InChI is InChI=1S/C16H18N4OS/c1-12-18-15(14-5-10-22-16(14)19-12)20(8-9-21-2)11-13-3-6-17-7-4-13/h3-7,10H,8-9,11H2,1-2H3. The van der Waals surface area contributed by atoms with Crippen molar-refractivity contribution in [2.75, 3.05) is 25.2 Å². The van der Waals surface area contributed by atoms with Crippen LogP contribution in [0.15, 0.2) is 36.0 Å². The molecule has 0 aromatic carbocycles. The van der Waals surface area contributed by atoms with Gasteiger partial charge in [0.1, 0.15) is 16.5 Å². The van der Waals surface area contributed by atoms with Crippen molar-refractivity contribution in [1.29, 1.82) is 0 Å².